The monoisotopic (exact) mass is 381 g/mol. The Bertz CT molecular complexity index is 820. The Morgan fingerprint density at radius 3 is 2.64 bits per heavy atom. The average molecular weight is 381 g/mol. The first-order valence-electron chi connectivity index (χ1n) is 9.65. The van der Waals surface area contributed by atoms with Crippen LogP contribution in [-0.4, -0.2) is 47.6 Å². The van der Waals surface area contributed by atoms with Crippen molar-refractivity contribution in [2.45, 2.75) is 32.4 Å². The Labute approximate surface area is 165 Å². The second kappa shape index (κ2) is 9.37. The molecule has 1 heterocycles. The highest BCUT2D eigenvalue weighted by Crippen LogP contribution is 2.23. The summed E-state index contributed by atoms with van der Waals surface area (Å²) in [5.74, 6) is -0.253. The van der Waals surface area contributed by atoms with E-state index in [9.17, 15) is 14.7 Å². The number of hydrogen-bond donors (Lipinski definition) is 3. The lowest BCUT2D eigenvalue weighted by Crippen LogP contribution is -2.38. The molecule has 28 heavy (non-hydrogen) atoms. The van der Waals surface area contributed by atoms with Gasteiger partial charge in [-0.3, -0.25) is 9.59 Å². The molecule has 0 aliphatic carbocycles. The number of aryl methyl sites for hydroxylation is 1. The molecule has 0 bridgehead atoms. The van der Waals surface area contributed by atoms with Gasteiger partial charge in [0.25, 0.3) is 5.91 Å². The van der Waals surface area contributed by atoms with Crippen molar-refractivity contribution in [1.29, 1.82) is 0 Å². The molecule has 1 atom stereocenters. The van der Waals surface area contributed by atoms with Crippen LogP contribution in [0.2, 0.25) is 0 Å². The molecule has 1 aliphatic heterocycles. The van der Waals surface area contributed by atoms with Crippen LogP contribution in [0.25, 0.3) is 0 Å². The number of likely N-dealkylation sites (tertiary alicyclic amines) is 1. The standard InChI is InChI=1S/C22H27N3O3/c1-16-8-10-17(11-9-16)13-24-21(27)14-23-20-7-3-2-6-19(20)22(28)25-12-4-5-18(25)15-26/h2-3,6-11,18,23,26H,4-5,12-15H2,1H3,(H,24,27). The fourth-order valence-corrected chi connectivity index (χ4v) is 3.42. The van der Waals surface area contributed by atoms with Crippen molar-refractivity contribution in [3.05, 3.63) is 65.2 Å². The van der Waals surface area contributed by atoms with E-state index in [-0.39, 0.29) is 31.0 Å². The molecule has 2 aromatic rings. The lowest BCUT2D eigenvalue weighted by molar-refractivity contribution is -0.119. The predicted octanol–water partition coefficient (Wildman–Crippen LogP) is 2.32. The molecule has 0 aromatic heterocycles. The van der Waals surface area contributed by atoms with Crippen LogP contribution in [0.3, 0.4) is 0 Å². The van der Waals surface area contributed by atoms with Crippen LogP contribution in [0.15, 0.2) is 48.5 Å². The Morgan fingerprint density at radius 1 is 1.14 bits per heavy atom. The molecule has 0 spiro atoms. The first-order valence-corrected chi connectivity index (χ1v) is 9.65. The smallest absolute Gasteiger partial charge is 0.256 e. The quantitative estimate of drug-likeness (QED) is 0.688. The van der Waals surface area contributed by atoms with Crippen molar-refractivity contribution in [1.82, 2.24) is 10.2 Å². The zero-order valence-corrected chi connectivity index (χ0v) is 16.1. The van der Waals surface area contributed by atoms with Gasteiger partial charge in [-0.25, -0.2) is 0 Å². The number of nitrogens with one attached hydrogen (secondary N) is 2. The summed E-state index contributed by atoms with van der Waals surface area (Å²) >= 11 is 0. The van der Waals surface area contributed by atoms with Gasteiger partial charge in [0.15, 0.2) is 0 Å². The lowest BCUT2D eigenvalue weighted by atomic mass is 10.1. The normalized spacial score (nSPS) is 16.1. The van der Waals surface area contributed by atoms with Crippen molar-refractivity contribution in [2.75, 3.05) is 25.0 Å². The van der Waals surface area contributed by atoms with E-state index in [2.05, 4.69) is 10.6 Å². The number of benzene rings is 2. The van der Waals surface area contributed by atoms with Gasteiger partial charge in [-0.15, -0.1) is 0 Å². The van der Waals surface area contributed by atoms with E-state index in [4.69, 9.17) is 0 Å². The molecule has 1 saturated heterocycles. The number of anilines is 1. The molecule has 1 unspecified atom stereocenters. The van der Waals surface area contributed by atoms with E-state index < -0.39 is 0 Å². The van der Waals surface area contributed by atoms with Crippen LogP contribution in [-0.2, 0) is 11.3 Å². The number of carbonyl (C=O) groups excluding carboxylic acids is 2. The van der Waals surface area contributed by atoms with E-state index >= 15 is 0 Å². The Kier molecular flexibility index (Phi) is 6.66. The number of para-hydroxylation sites is 1. The van der Waals surface area contributed by atoms with Crippen LogP contribution in [0.1, 0.15) is 34.3 Å². The van der Waals surface area contributed by atoms with E-state index in [1.165, 1.54) is 5.56 Å². The molecular weight excluding hydrogens is 354 g/mol. The summed E-state index contributed by atoms with van der Waals surface area (Å²) in [4.78, 5) is 26.8. The molecule has 3 rings (SSSR count). The highest BCUT2D eigenvalue weighted by molar-refractivity contribution is 6.00. The van der Waals surface area contributed by atoms with Crippen LogP contribution >= 0.6 is 0 Å². The summed E-state index contributed by atoms with van der Waals surface area (Å²) in [5.41, 5.74) is 3.37. The maximum absolute atomic E-state index is 12.9. The van der Waals surface area contributed by atoms with Crippen LogP contribution in [0.5, 0.6) is 0 Å². The number of nitrogens with zero attached hydrogens (tertiary/aromatic N) is 1. The van der Waals surface area contributed by atoms with E-state index in [0.717, 1.165) is 18.4 Å². The van der Waals surface area contributed by atoms with Crippen LogP contribution < -0.4 is 10.6 Å². The first kappa shape index (κ1) is 19.9. The Morgan fingerprint density at radius 2 is 1.89 bits per heavy atom. The number of aliphatic hydroxyl groups is 1. The fraction of sp³-hybridized carbons (Fsp3) is 0.364. The largest absolute Gasteiger partial charge is 0.394 e. The zero-order valence-electron chi connectivity index (χ0n) is 16.1. The second-order valence-corrected chi connectivity index (χ2v) is 7.14. The summed E-state index contributed by atoms with van der Waals surface area (Å²) in [5, 5.41) is 15.4. The highest BCUT2D eigenvalue weighted by Gasteiger charge is 2.29. The molecule has 2 aromatic carbocycles. The molecule has 0 radical (unpaired) electrons. The van der Waals surface area contributed by atoms with E-state index in [0.29, 0.717) is 24.3 Å². The maximum atomic E-state index is 12.9. The SMILES string of the molecule is Cc1ccc(CNC(=O)CNc2ccccc2C(=O)N2CCCC2CO)cc1. The molecule has 6 heteroatoms. The second-order valence-electron chi connectivity index (χ2n) is 7.14. The minimum absolute atomic E-state index is 0.0250. The molecule has 148 valence electrons. The Balaban J connectivity index is 1.58. The molecule has 3 N–H and O–H groups in total. The van der Waals surface area contributed by atoms with Crippen LogP contribution in [0, 0.1) is 6.92 Å². The lowest BCUT2D eigenvalue weighted by Gasteiger charge is -2.24. The van der Waals surface area contributed by atoms with Gasteiger partial charge in [0.2, 0.25) is 5.91 Å². The van der Waals surface area contributed by atoms with Crippen LogP contribution in [0.4, 0.5) is 5.69 Å². The molecule has 2 amide bonds. The van der Waals surface area contributed by atoms with Gasteiger partial charge in [-0.2, -0.15) is 0 Å². The van der Waals surface area contributed by atoms with Gasteiger partial charge in [0.05, 0.1) is 24.8 Å². The average Bonchev–Trinajstić information content (AvgIpc) is 3.20. The van der Waals surface area contributed by atoms with Gasteiger partial charge in [-0.1, -0.05) is 42.0 Å². The third-order valence-electron chi connectivity index (χ3n) is 5.06. The number of amides is 2. The number of carbonyl (C=O) groups is 2. The summed E-state index contributed by atoms with van der Waals surface area (Å²) in [6.45, 7) is 3.20. The van der Waals surface area contributed by atoms with E-state index in [1.54, 1.807) is 23.1 Å². The summed E-state index contributed by atoms with van der Waals surface area (Å²) < 4.78 is 0. The van der Waals surface area contributed by atoms with Gasteiger partial charge in [0.1, 0.15) is 0 Å². The molecule has 0 saturated carbocycles. The van der Waals surface area contributed by atoms with Gasteiger partial charge < -0.3 is 20.6 Å². The molecular formula is C22H27N3O3. The molecule has 1 fully saturated rings. The van der Waals surface area contributed by atoms with Gasteiger partial charge in [0, 0.05) is 18.8 Å². The maximum Gasteiger partial charge on any atom is 0.256 e. The van der Waals surface area contributed by atoms with Crippen molar-refractivity contribution in [3.63, 3.8) is 0 Å². The number of aliphatic hydroxyl groups excluding tert-OH is 1. The molecule has 6 nitrogen and oxygen atoms in total. The number of hydrogen-bond acceptors (Lipinski definition) is 4. The summed E-state index contributed by atoms with van der Waals surface area (Å²) in [7, 11) is 0. The number of rotatable bonds is 7. The third kappa shape index (κ3) is 4.89. The minimum Gasteiger partial charge on any atom is -0.394 e. The molecule has 1 aliphatic rings. The minimum atomic E-state index is -0.141. The van der Waals surface area contributed by atoms with Crippen molar-refractivity contribution >= 4 is 17.5 Å². The van der Waals surface area contributed by atoms with Crippen molar-refractivity contribution in [2.24, 2.45) is 0 Å². The Hall–Kier alpha value is -2.86. The van der Waals surface area contributed by atoms with Gasteiger partial charge in [-0.05, 0) is 37.5 Å². The van der Waals surface area contributed by atoms with Crippen molar-refractivity contribution < 1.29 is 14.7 Å². The third-order valence-corrected chi connectivity index (χ3v) is 5.06. The topological polar surface area (TPSA) is 81.7 Å². The van der Waals surface area contributed by atoms with Crippen molar-refractivity contribution in [3.8, 4) is 0 Å². The fourth-order valence-electron chi connectivity index (χ4n) is 3.42. The highest BCUT2D eigenvalue weighted by atomic mass is 16.3. The van der Waals surface area contributed by atoms with E-state index in [1.807, 2.05) is 37.3 Å². The van der Waals surface area contributed by atoms with Gasteiger partial charge >= 0.3 is 0 Å². The summed E-state index contributed by atoms with van der Waals surface area (Å²) in [6, 6.07) is 15.1. The summed E-state index contributed by atoms with van der Waals surface area (Å²) in [6.07, 6.45) is 1.72. The predicted molar refractivity (Wildman–Crippen MR) is 109 cm³/mol. The zero-order chi connectivity index (χ0) is 19.9. The first-order chi connectivity index (χ1) is 13.6.